The Morgan fingerprint density at radius 1 is 1.11 bits per heavy atom. The van der Waals surface area contributed by atoms with Gasteiger partial charge in [-0.3, -0.25) is 13.9 Å². The second kappa shape index (κ2) is 12.3. The summed E-state index contributed by atoms with van der Waals surface area (Å²) in [7, 11) is -2.38. The maximum Gasteiger partial charge on any atom is 0.244 e. The van der Waals surface area contributed by atoms with Crippen LogP contribution in [0.4, 0.5) is 5.69 Å². The summed E-state index contributed by atoms with van der Waals surface area (Å²) in [4.78, 5) is 28.6. The van der Waals surface area contributed by atoms with Crippen LogP contribution >= 0.6 is 0 Å². The molecule has 0 aromatic heterocycles. The van der Waals surface area contributed by atoms with Gasteiger partial charge in [0.2, 0.25) is 21.8 Å². The van der Waals surface area contributed by atoms with Gasteiger partial charge in [0, 0.05) is 12.6 Å². The van der Waals surface area contributed by atoms with E-state index in [4.69, 9.17) is 4.74 Å². The maximum atomic E-state index is 13.8. The van der Waals surface area contributed by atoms with Crippen molar-refractivity contribution in [3.63, 3.8) is 0 Å². The highest BCUT2D eigenvalue weighted by molar-refractivity contribution is 7.92. The quantitative estimate of drug-likeness (QED) is 0.493. The van der Waals surface area contributed by atoms with E-state index in [1.807, 2.05) is 50.2 Å². The highest BCUT2D eigenvalue weighted by atomic mass is 32.2. The monoisotopic (exact) mass is 515 g/mol. The van der Waals surface area contributed by atoms with Gasteiger partial charge >= 0.3 is 0 Å². The SMILES string of the molecule is CC[C@H](C(=O)NC1CCCC1)N(Cc1ccccc1)C(=O)CN(c1cc(C)ccc1OC)S(C)(=O)=O. The van der Waals surface area contributed by atoms with E-state index in [9.17, 15) is 18.0 Å². The average molecular weight is 516 g/mol. The topological polar surface area (TPSA) is 96.0 Å². The van der Waals surface area contributed by atoms with Gasteiger partial charge in [-0.25, -0.2) is 8.42 Å². The molecule has 2 amide bonds. The Balaban J connectivity index is 1.95. The first kappa shape index (κ1) is 27.5. The van der Waals surface area contributed by atoms with Gasteiger partial charge in [-0.1, -0.05) is 56.2 Å². The number of hydrogen-bond donors (Lipinski definition) is 1. The van der Waals surface area contributed by atoms with Crippen LogP contribution in [0.1, 0.15) is 50.2 Å². The predicted octanol–water partition coefficient (Wildman–Crippen LogP) is 3.64. The summed E-state index contributed by atoms with van der Waals surface area (Å²) in [6.07, 6.45) is 5.50. The van der Waals surface area contributed by atoms with Crippen LogP contribution in [0.2, 0.25) is 0 Å². The number of amides is 2. The van der Waals surface area contributed by atoms with Crippen molar-refractivity contribution in [3.05, 3.63) is 59.7 Å². The summed E-state index contributed by atoms with van der Waals surface area (Å²) in [6.45, 7) is 3.45. The molecule has 1 atom stereocenters. The number of carbonyl (C=O) groups excluding carboxylic acids is 2. The zero-order valence-electron chi connectivity index (χ0n) is 21.6. The molecule has 1 saturated carbocycles. The van der Waals surface area contributed by atoms with Crippen molar-refractivity contribution in [2.75, 3.05) is 24.2 Å². The fourth-order valence-electron chi connectivity index (χ4n) is 4.66. The van der Waals surface area contributed by atoms with Gasteiger partial charge in [-0.05, 0) is 49.4 Å². The van der Waals surface area contributed by atoms with Gasteiger partial charge < -0.3 is 15.0 Å². The number of nitrogens with one attached hydrogen (secondary N) is 1. The number of rotatable bonds is 11. The van der Waals surface area contributed by atoms with E-state index in [1.54, 1.807) is 12.1 Å². The smallest absolute Gasteiger partial charge is 0.244 e. The van der Waals surface area contributed by atoms with Crippen molar-refractivity contribution >= 4 is 27.5 Å². The van der Waals surface area contributed by atoms with Gasteiger partial charge in [0.25, 0.3) is 0 Å². The van der Waals surface area contributed by atoms with Crippen molar-refractivity contribution in [3.8, 4) is 5.75 Å². The largest absolute Gasteiger partial charge is 0.495 e. The van der Waals surface area contributed by atoms with Crippen molar-refractivity contribution in [1.82, 2.24) is 10.2 Å². The lowest BCUT2D eigenvalue weighted by Gasteiger charge is -2.33. The Kier molecular flexibility index (Phi) is 9.37. The zero-order chi connectivity index (χ0) is 26.3. The first-order chi connectivity index (χ1) is 17.1. The molecule has 0 radical (unpaired) electrons. The van der Waals surface area contributed by atoms with Crippen LogP contribution in [0.15, 0.2) is 48.5 Å². The minimum Gasteiger partial charge on any atom is -0.495 e. The van der Waals surface area contributed by atoms with Gasteiger partial charge in [0.15, 0.2) is 0 Å². The molecule has 1 fully saturated rings. The Morgan fingerprint density at radius 3 is 2.36 bits per heavy atom. The predicted molar refractivity (Wildman–Crippen MR) is 141 cm³/mol. The molecule has 1 N–H and O–H groups in total. The summed E-state index contributed by atoms with van der Waals surface area (Å²) in [5.41, 5.74) is 1.98. The van der Waals surface area contributed by atoms with Crippen LogP contribution < -0.4 is 14.4 Å². The summed E-state index contributed by atoms with van der Waals surface area (Å²) in [5, 5.41) is 3.11. The standard InChI is InChI=1S/C27H37N3O5S/c1-5-23(27(32)28-22-13-9-10-14-22)29(18-21-11-7-6-8-12-21)26(31)19-30(36(4,33)34)24-17-20(2)15-16-25(24)35-3/h6-8,11-12,15-17,22-23H,5,9-10,13-14,18-19H2,1-4H3,(H,28,32)/t23-/m1/s1. The lowest BCUT2D eigenvalue weighted by Crippen LogP contribution is -2.53. The second-order valence-corrected chi connectivity index (χ2v) is 11.3. The first-order valence-corrected chi connectivity index (χ1v) is 14.2. The van der Waals surface area contributed by atoms with E-state index in [0.29, 0.717) is 12.2 Å². The summed E-state index contributed by atoms with van der Waals surface area (Å²) in [6, 6.07) is 14.0. The van der Waals surface area contributed by atoms with Gasteiger partial charge in [0.1, 0.15) is 18.3 Å². The fourth-order valence-corrected chi connectivity index (χ4v) is 5.50. The molecular weight excluding hydrogens is 478 g/mol. The zero-order valence-corrected chi connectivity index (χ0v) is 22.4. The van der Waals surface area contributed by atoms with Crippen LogP contribution in [0.5, 0.6) is 5.75 Å². The number of anilines is 1. The van der Waals surface area contributed by atoms with Gasteiger partial charge in [0.05, 0.1) is 19.1 Å². The molecule has 8 nitrogen and oxygen atoms in total. The highest BCUT2D eigenvalue weighted by Crippen LogP contribution is 2.31. The van der Waals surface area contributed by atoms with E-state index >= 15 is 0 Å². The molecule has 9 heteroatoms. The van der Waals surface area contributed by atoms with Crippen LogP contribution in [-0.2, 0) is 26.2 Å². The third-order valence-electron chi connectivity index (χ3n) is 6.57. The summed E-state index contributed by atoms with van der Waals surface area (Å²) >= 11 is 0. The number of aryl methyl sites for hydroxylation is 1. The molecule has 2 aromatic rings. The third-order valence-corrected chi connectivity index (χ3v) is 7.69. The Morgan fingerprint density at radius 2 is 1.78 bits per heavy atom. The number of methoxy groups -OCH3 is 1. The number of sulfonamides is 1. The minimum atomic E-state index is -3.83. The Hall–Kier alpha value is -3.07. The molecule has 196 valence electrons. The summed E-state index contributed by atoms with van der Waals surface area (Å²) < 4.78 is 32.2. The lowest BCUT2D eigenvalue weighted by molar-refractivity contribution is -0.140. The van der Waals surface area contributed by atoms with E-state index in [0.717, 1.165) is 47.4 Å². The molecular formula is C27H37N3O5S. The molecule has 1 aliphatic carbocycles. The molecule has 0 saturated heterocycles. The lowest BCUT2D eigenvalue weighted by atomic mass is 10.1. The number of benzene rings is 2. The number of hydrogen-bond acceptors (Lipinski definition) is 5. The average Bonchev–Trinajstić information content (AvgIpc) is 3.35. The van der Waals surface area contributed by atoms with E-state index in [1.165, 1.54) is 12.0 Å². The Bertz CT molecular complexity index is 1150. The van der Waals surface area contributed by atoms with E-state index < -0.39 is 28.5 Å². The van der Waals surface area contributed by atoms with Crippen LogP contribution in [0.25, 0.3) is 0 Å². The van der Waals surface area contributed by atoms with Crippen LogP contribution in [0, 0.1) is 6.92 Å². The highest BCUT2D eigenvalue weighted by Gasteiger charge is 2.33. The molecule has 36 heavy (non-hydrogen) atoms. The molecule has 0 aliphatic heterocycles. The first-order valence-electron chi connectivity index (χ1n) is 12.4. The molecule has 3 rings (SSSR count). The molecule has 0 heterocycles. The van der Waals surface area contributed by atoms with Gasteiger partial charge in [-0.2, -0.15) is 0 Å². The normalized spacial score (nSPS) is 14.8. The second-order valence-electron chi connectivity index (χ2n) is 9.37. The van der Waals surface area contributed by atoms with E-state index in [-0.39, 0.29) is 24.2 Å². The van der Waals surface area contributed by atoms with Crippen molar-refractivity contribution in [2.45, 2.75) is 64.6 Å². The van der Waals surface area contributed by atoms with E-state index in [2.05, 4.69) is 5.32 Å². The number of carbonyl (C=O) groups is 2. The fraction of sp³-hybridized carbons (Fsp3) is 0.481. The minimum absolute atomic E-state index is 0.115. The number of nitrogens with zero attached hydrogens (tertiary/aromatic N) is 2. The van der Waals surface area contributed by atoms with Crippen molar-refractivity contribution < 1.29 is 22.7 Å². The molecule has 0 unspecified atom stereocenters. The summed E-state index contributed by atoms with van der Waals surface area (Å²) in [5.74, 6) is -0.312. The molecule has 2 aromatic carbocycles. The third kappa shape index (κ3) is 7.00. The number of ether oxygens (including phenoxy) is 1. The van der Waals surface area contributed by atoms with Crippen molar-refractivity contribution in [2.24, 2.45) is 0 Å². The maximum absolute atomic E-state index is 13.8. The van der Waals surface area contributed by atoms with Crippen molar-refractivity contribution in [1.29, 1.82) is 0 Å². The van der Waals surface area contributed by atoms with Gasteiger partial charge in [-0.15, -0.1) is 0 Å². The molecule has 1 aliphatic rings. The molecule has 0 spiro atoms. The Labute approximate surface area is 214 Å². The molecule has 0 bridgehead atoms. The van der Waals surface area contributed by atoms with Crippen LogP contribution in [0.3, 0.4) is 0 Å². The van der Waals surface area contributed by atoms with Crippen LogP contribution in [-0.4, -0.2) is 57.1 Å².